The van der Waals surface area contributed by atoms with E-state index in [9.17, 15) is 9.59 Å². The second-order valence-corrected chi connectivity index (χ2v) is 6.38. The molecule has 120 valence electrons. The van der Waals surface area contributed by atoms with Crippen LogP contribution in [0.1, 0.15) is 56.8 Å². The molecule has 2 N–H and O–H groups in total. The average molecular weight is 302 g/mol. The summed E-state index contributed by atoms with van der Waals surface area (Å²) in [5.41, 5.74) is 1.28. The van der Waals surface area contributed by atoms with Crippen LogP contribution in [-0.2, 0) is 4.79 Å². The lowest BCUT2D eigenvalue weighted by molar-refractivity contribution is -0.118. The normalized spacial score (nSPS) is 22.9. The van der Waals surface area contributed by atoms with Gasteiger partial charge in [0.2, 0.25) is 5.91 Å². The molecule has 0 unspecified atom stereocenters. The summed E-state index contributed by atoms with van der Waals surface area (Å²) in [7, 11) is 0. The zero-order valence-electron chi connectivity index (χ0n) is 13.7. The molecule has 0 aromatic heterocycles. The second-order valence-electron chi connectivity index (χ2n) is 6.38. The molecule has 0 spiro atoms. The first-order chi connectivity index (χ1) is 10.5. The smallest absolute Gasteiger partial charge is 0.241 e. The van der Waals surface area contributed by atoms with Crippen LogP contribution >= 0.6 is 0 Å². The third-order valence-electron chi connectivity index (χ3n) is 4.51. The third kappa shape index (κ3) is 4.41. The number of rotatable bonds is 5. The van der Waals surface area contributed by atoms with E-state index in [1.807, 2.05) is 6.92 Å². The number of amides is 1. The Morgan fingerprint density at radius 2 is 1.95 bits per heavy atom. The van der Waals surface area contributed by atoms with Gasteiger partial charge in [0, 0.05) is 17.3 Å². The zero-order chi connectivity index (χ0) is 16.1. The van der Waals surface area contributed by atoms with E-state index in [2.05, 4.69) is 17.6 Å². The minimum absolute atomic E-state index is 0.00157. The summed E-state index contributed by atoms with van der Waals surface area (Å²) in [5.74, 6) is 0.557. The highest BCUT2D eigenvalue weighted by molar-refractivity contribution is 5.98. The van der Waals surface area contributed by atoms with Gasteiger partial charge in [0.05, 0.1) is 6.04 Å². The molecule has 0 saturated heterocycles. The number of carbonyl (C=O) groups is 2. The van der Waals surface area contributed by atoms with E-state index in [1.54, 1.807) is 24.3 Å². The Bertz CT molecular complexity index is 542. The maximum Gasteiger partial charge on any atom is 0.241 e. The summed E-state index contributed by atoms with van der Waals surface area (Å²) in [6.45, 7) is 5.67. The molecule has 1 amide bonds. The Hall–Kier alpha value is -1.68. The standard InChI is InChI=1S/C18H26N2O2/c1-12-7-4-5-10-17(12)19-13(2)18(22)20-16-9-6-8-15(11-16)14(3)21/h6,8-9,11-13,17,19H,4-5,7,10H2,1-3H3,(H,20,22)/t12-,13+,17+/m1/s1. The van der Waals surface area contributed by atoms with Gasteiger partial charge in [0.15, 0.2) is 5.78 Å². The fourth-order valence-corrected chi connectivity index (χ4v) is 3.03. The van der Waals surface area contributed by atoms with Gasteiger partial charge in [-0.05, 0) is 44.7 Å². The molecule has 1 aromatic carbocycles. The van der Waals surface area contributed by atoms with Gasteiger partial charge in [-0.1, -0.05) is 31.9 Å². The quantitative estimate of drug-likeness (QED) is 0.820. The summed E-state index contributed by atoms with van der Waals surface area (Å²) in [6, 6.07) is 7.23. The molecule has 1 aromatic rings. The maximum atomic E-state index is 12.3. The first-order valence-electron chi connectivity index (χ1n) is 8.15. The lowest BCUT2D eigenvalue weighted by Gasteiger charge is -2.31. The Morgan fingerprint density at radius 3 is 2.64 bits per heavy atom. The van der Waals surface area contributed by atoms with Crippen LogP contribution in [-0.4, -0.2) is 23.8 Å². The van der Waals surface area contributed by atoms with Gasteiger partial charge in [-0.25, -0.2) is 0 Å². The molecule has 4 nitrogen and oxygen atoms in total. The van der Waals surface area contributed by atoms with Gasteiger partial charge in [-0.2, -0.15) is 0 Å². The van der Waals surface area contributed by atoms with Crippen LogP contribution in [0.3, 0.4) is 0 Å². The van der Waals surface area contributed by atoms with E-state index >= 15 is 0 Å². The molecule has 1 aliphatic rings. The van der Waals surface area contributed by atoms with E-state index < -0.39 is 0 Å². The Morgan fingerprint density at radius 1 is 1.23 bits per heavy atom. The van der Waals surface area contributed by atoms with E-state index in [4.69, 9.17) is 0 Å². The van der Waals surface area contributed by atoms with Crippen molar-refractivity contribution < 1.29 is 9.59 Å². The van der Waals surface area contributed by atoms with Crippen LogP contribution in [0, 0.1) is 5.92 Å². The first-order valence-corrected chi connectivity index (χ1v) is 8.15. The fourth-order valence-electron chi connectivity index (χ4n) is 3.03. The van der Waals surface area contributed by atoms with Crippen LogP contribution in [0.5, 0.6) is 0 Å². The van der Waals surface area contributed by atoms with Crippen molar-refractivity contribution >= 4 is 17.4 Å². The lowest BCUT2D eigenvalue weighted by atomic mass is 9.85. The minimum atomic E-state index is -0.244. The van der Waals surface area contributed by atoms with Gasteiger partial charge in [-0.15, -0.1) is 0 Å². The van der Waals surface area contributed by atoms with Gasteiger partial charge in [-0.3, -0.25) is 9.59 Å². The van der Waals surface area contributed by atoms with E-state index in [0.717, 1.165) is 6.42 Å². The van der Waals surface area contributed by atoms with Crippen molar-refractivity contribution in [1.29, 1.82) is 0 Å². The molecule has 0 bridgehead atoms. The predicted octanol–water partition coefficient (Wildman–Crippen LogP) is 3.38. The molecule has 1 fully saturated rings. The first kappa shape index (κ1) is 16.7. The molecule has 1 saturated carbocycles. The second kappa shape index (κ2) is 7.54. The number of benzene rings is 1. The Labute approximate surface area is 132 Å². The van der Waals surface area contributed by atoms with Gasteiger partial charge < -0.3 is 10.6 Å². The maximum absolute atomic E-state index is 12.3. The fraction of sp³-hybridized carbons (Fsp3) is 0.556. The van der Waals surface area contributed by atoms with Crippen LogP contribution in [0.2, 0.25) is 0 Å². The summed E-state index contributed by atoms with van der Waals surface area (Å²) >= 11 is 0. The summed E-state index contributed by atoms with van der Waals surface area (Å²) in [6.07, 6.45) is 4.89. The van der Waals surface area contributed by atoms with E-state index in [1.165, 1.54) is 26.2 Å². The number of hydrogen-bond acceptors (Lipinski definition) is 3. The molecule has 1 aliphatic carbocycles. The van der Waals surface area contributed by atoms with Gasteiger partial charge in [0.25, 0.3) is 0 Å². The molecule has 4 heteroatoms. The number of ketones is 1. The van der Waals surface area contributed by atoms with Crippen molar-refractivity contribution in [1.82, 2.24) is 5.32 Å². The number of hydrogen-bond donors (Lipinski definition) is 2. The summed E-state index contributed by atoms with van der Waals surface area (Å²) < 4.78 is 0. The number of nitrogens with one attached hydrogen (secondary N) is 2. The third-order valence-corrected chi connectivity index (χ3v) is 4.51. The summed E-state index contributed by atoms with van der Waals surface area (Å²) in [5, 5.41) is 6.33. The average Bonchev–Trinajstić information content (AvgIpc) is 2.49. The number of Topliss-reactive ketones (excluding diaryl/α,β-unsaturated/α-hetero) is 1. The molecular formula is C18H26N2O2. The molecule has 3 atom stereocenters. The Kier molecular flexibility index (Phi) is 5.72. The molecule has 22 heavy (non-hydrogen) atoms. The molecule has 0 heterocycles. The van der Waals surface area contributed by atoms with Crippen LogP contribution in [0.25, 0.3) is 0 Å². The van der Waals surface area contributed by atoms with E-state index in [0.29, 0.717) is 23.2 Å². The van der Waals surface area contributed by atoms with Crippen LogP contribution < -0.4 is 10.6 Å². The monoisotopic (exact) mass is 302 g/mol. The van der Waals surface area contributed by atoms with Crippen molar-refractivity contribution in [2.75, 3.05) is 5.32 Å². The van der Waals surface area contributed by atoms with Crippen LogP contribution in [0.4, 0.5) is 5.69 Å². The van der Waals surface area contributed by atoms with Crippen LogP contribution in [0.15, 0.2) is 24.3 Å². The zero-order valence-corrected chi connectivity index (χ0v) is 13.7. The Balaban J connectivity index is 1.93. The minimum Gasteiger partial charge on any atom is -0.325 e. The topological polar surface area (TPSA) is 58.2 Å². The van der Waals surface area contributed by atoms with Gasteiger partial charge in [0.1, 0.15) is 0 Å². The highest BCUT2D eigenvalue weighted by Gasteiger charge is 2.24. The SMILES string of the molecule is CC(=O)c1cccc(NC(=O)[C@H](C)N[C@H]2CCCC[C@H]2C)c1. The highest BCUT2D eigenvalue weighted by Crippen LogP contribution is 2.24. The highest BCUT2D eigenvalue weighted by atomic mass is 16.2. The van der Waals surface area contributed by atoms with Crippen molar-refractivity contribution in [2.45, 2.75) is 58.5 Å². The van der Waals surface area contributed by atoms with Crippen molar-refractivity contribution in [2.24, 2.45) is 5.92 Å². The van der Waals surface area contributed by atoms with Crippen molar-refractivity contribution in [3.8, 4) is 0 Å². The molecule has 2 rings (SSSR count). The number of carbonyl (C=O) groups excluding carboxylic acids is 2. The molecule has 0 radical (unpaired) electrons. The summed E-state index contributed by atoms with van der Waals surface area (Å²) in [4.78, 5) is 23.7. The number of anilines is 1. The largest absolute Gasteiger partial charge is 0.325 e. The van der Waals surface area contributed by atoms with Crippen molar-refractivity contribution in [3.05, 3.63) is 29.8 Å². The van der Waals surface area contributed by atoms with Gasteiger partial charge >= 0.3 is 0 Å². The molecule has 0 aliphatic heterocycles. The van der Waals surface area contributed by atoms with Crippen molar-refractivity contribution in [3.63, 3.8) is 0 Å². The lowest BCUT2D eigenvalue weighted by Crippen LogP contribution is -2.47. The predicted molar refractivity (Wildman–Crippen MR) is 89.1 cm³/mol. The van der Waals surface area contributed by atoms with E-state index in [-0.39, 0.29) is 17.7 Å². The molecular weight excluding hydrogens is 276 g/mol.